The molecule has 0 bridgehead atoms. The Balaban J connectivity index is 2.35. The number of aromatic nitrogens is 1. The van der Waals surface area contributed by atoms with Crippen LogP contribution in [-0.2, 0) is 0 Å². The lowest BCUT2D eigenvalue weighted by Crippen LogP contribution is -2.37. The molecular weight excluding hydrogens is 251 g/mol. The number of carboxylic acids is 1. The molecule has 0 radical (unpaired) electrons. The van der Waals surface area contributed by atoms with Crippen LogP contribution in [0.3, 0.4) is 0 Å². The first-order valence-corrected chi connectivity index (χ1v) is 6.40. The minimum Gasteiger partial charge on any atom is -0.478 e. The second kappa shape index (κ2) is 5.97. The Hall–Kier alpha value is -1.69. The number of aliphatic hydroxyl groups excluding tert-OH is 1. The third-order valence-electron chi connectivity index (χ3n) is 3.48. The van der Waals surface area contributed by atoms with E-state index in [1.807, 2.05) is 0 Å². The number of halogens is 1. The minimum absolute atomic E-state index is 0.0286. The molecule has 0 aromatic carbocycles. The maximum atomic E-state index is 14.2. The highest BCUT2D eigenvalue weighted by Gasteiger charge is 2.27. The highest BCUT2D eigenvalue weighted by Crippen LogP contribution is 2.29. The van der Waals surface area contributed by atoms with E-state index in [0.717, 1.165) is 31.7 Å². The Morgan fingerprint density at radius 1 is 1.47 bits per heavy atom. The molecule has 1 heterocycles. The van der Waals surface area contributed by atoms with E-state index in [0.29, 0.717) is 0 Å². The third-order valence-corrected chi connectivity index (χ3v) is 3.48. The maximum Gasteiger partial charge on any atom is 0.338 e. The van der Waals surface area contributed by atoms with Crippen LogP contribution in [0.2, 0.25) is 0 Å². The summed E-state index contributed by atoms with van der Waals surface area (Å²) in [6, 6.07) is 1.27. The first-order valence-electron chi connectivity index (χ1n) is 6.40. The van der Waals surface area contributed by atoms with Gasteiger partial charge < -0.3 is 15.1 Å². The summed E-state index contributed by atoms with van der Waals surface area (Å²) >= 11 is 0. The van der Waals surface area contributed by atoms with Gasteiger partial charge in [0.25, 0.3) is 0 Å². The molecule has 1 aromatic heterocycles. The fraction of sp³-hybridized carbons (Fsp3) is 0.538. The number of anilines is 1. The van der Waals surface area contributed by atoms with E-state index in [-0.39, 0.29) is 30.6 Å². The van der Waals surface area contributed by atoms with Crippen molar-refractivity contribution in [1.29, 1.82) is 0 Å². The second-order valence-electron chi connectivity index (χ2n) is 4.66. The fourth-order valence-electron chi connectivity index (χ4n) is 2.58. The molecule has 1 fully saturated rings. The SMILES string of the molecule is O=C(O)c1ccnc(N(CCO)C2CCCC2)c1F. The number of hydrogen-bond acceptors (Lipinski definition) is 4. The zero-order valence-corrected chi connectivity index (χ0v) is 10.5. The number of nitrogens with zero attached hydrogens (tertiary/aromatic N) is 2. The minimum atomic E-state index is -1.31. The molecule has 0 amide bonds. The predicted molar refractivity (Wildman–Crippen MR) is 67.8 cm³/mol. The van der Waals surface area contributed by atoms with Crippen LogP contribution in [0.25, 0.3) is 0 Å². The second-order valence-corrected chi connectivity index (χ2v) is 4.66. The van der Waals surface area contributed by atoms with Crippen LogP contribution in [0.4, 0.5) is 10.2 Å². The van der Waals surface area contributed by atoms with Crippen molar-refractivity contribution in [3.8, 4) is 0 Å². The first kappa shape index (κ1) is 13.7. The Bertz CT molecular complexity index is 461. The topological polar surface area (TPSA) is 73.7 Å². The number of pyridine rings is 1. The van der Waals surface area contributed by atoms with Crippen LogP contribution in [0.1, 0.15) is 36.0 Å². The maximum absolute atomic E-state index is 14.2. The average molecular weight is 268 g/mol. The molecule has 0 saturated heterocycles. The lowest BCUT2D eigenvalue weighted by Gasteiger charge is -2.29. The van der Waals surface area contributed by atoms with Gasteiger partial charge in [-0.3, -0.25) is 0 Å². The molecule has 6 heteroatoms. The van der Waals surface area contributed by atoms with E-state index in [1.165, 1.54) is 6.20 Å². The largest absolute Gasteiger partial charge is 0.478 e. The van der Waals surface area contributed by atoms with Crippen molar-refractivity contribution in [2.45, 2.75) is 31.7 Å². The number of hydrogen-bond donors (Lipinski definition) is 2. The number of carboxylic acid groups (broad SMARTS) is 1. The number of rotatable bonds is 5. The molecule has 0 unspecified atom stereocenters. The van der Waals surface area contributed by atoms with Crippen molar-refractivity contribution in [2.75, 3.05) is 18.1 Å². The van der Waals surface area contributed by atoms with Crippen LogP contribution in [0, 0.1) is 5.82 Å². The number of aromatic carboxylic acids is 1. The summed E-state index contributed by atoms with van der Waals surface area (Å²) in [5.41, 5.74) is -0.383. The fourth-order valence-corrected chi connectivity index (χ4v) is 2.58. The van der Waals surface area contributed by atoms with Gasteiger partial charge in [0, 0.05) is 18.8 Å². The smallest absolute Gasteiger partial charge is 0.338 e. The molecular formula is C13H17FN2O3. The molecule has 104 valence electrons. The van der Waals surface area contributed by atoms with Gasteiger partial charge in [0.05, 0.1) is 6.61 Å². The van der Waals surface area contributed by atoms with Crippen molar-refractivity contribution in [3.63, 3.8) is 0 Å². The van der Waals surface area contributed by atoms with E-state index in [2.05, 4.69) is 4.98 Å². The lowest BCUT2D eigenvalue weighted by atomic mass is 10.2. The lowest BCUT2D eigenvalue weighted by molar-refractivity contribution is 0.0691. The first-order chi connectivity index (χ1) is 9.15. The Morgan fingerprint density at radius 2 is 2.16 bits per heavy atom. The Morgan fingerprint density at radius 3 is 2.74 bits per heavy atom. The monoisotopic (exact) mass is 268 g/mol. The summed E-state index contributed by atoms with van der Waals surface area (Å²) in [6.45, 7) is 0.145. The molecule has 0 atom stereocenters. The number of carbonyl (C=O) groups is 1. The molecule has 1 aliphatic rings. The van der Waals surface area contributed by atoms with E-state index >= 15 is 0 Å². The van der Waals surface area contributed by atoms with Crippen molar-refractivity contribution in [1.82, 2.24) is 4.98 Å². The summed E-state index contributed by atoms with van der Waals surface area (Å²) in [5.74, 6) is -2.10. The molecule has 1 aromatic rings. The van der Waals surface area contributed by atoms with E-state index in [9.17, 15) is 9.18 Å². The van der Waals surface area contributed by atoms with Gasteiger partial charge in [-0.25, -0.2) is 14.2 Å². The van der Waals surface area contributed by atoms with Crippen LogP contribution < -0.4 is 4.90 Å². The van der Waals surface area contributed by atoms with Crippen LogP contribution >= 0.6 is 0 Å². The van der Waals surface area contributed by atoms with Crippen molar-refractivity contribution >= 4 is 11.8 Å². The van der Waals surface area contributed by atoms with Gasteiger partial charge in [-0.05, 0) is 18.9 Å². The predicted octanol–water partition coefficient (Wildman–Crippen LogP) is 1.66. The zero-order chi connectivity index (χ0) is 13.8. The van der Waals surface area contributed by atoms with Crippen LogP contribution in [0.15, 0.2) is 12.3 Å². The van der Waals surface area contributed by atoms with E-state index < -0.39 is 11.8 Å². The number of aliphatic hydroxyl groups is 1. The van der Waals surface area contributed by atoms with Gasteiger partial charge in [-0.15, -0.1) is 0 Å². The third kappa shape index (κ3) is 2.84. The van der Waals surface area contributed by atoms with Gasteiger partial charge in [0.2, 0.25) is 0 Å². The van der Waals surface area contributed by atoms with Gasteiger partial charge in [0.1, 0.15) is 5.56 Å². The summed E-state index contributed by atoms with van der Waals surface area (Å²) in [7, 11) is 0. The highest BCUT2D eigenvalue weighted by molar-refractivity contribution is 5.88. The van der Waals surface area contributed by atoms with E-state index in [1.54, 1.807) is 4.90 Å². The molecule has 1 aliphatic carbocycles. The molecule has 19 heavy (non-hydrogen) atoms. The normalized spacial score (nSPS) is 15.7. The van der Waals surface area contributed by atoms with Crippen molar-refractivity contribution < 1.29 is 19.4 Å². The average Bonchev–Trinajstić information content (AvgIpc) is 2.90. The summed E-state index contributed by atoms with van der Waals surface area (Å²) < 4.78 is 14.2. The van der Waals surface area contributed by atoms with E-state index in [4.69, 9.17) is 10.2 Å². The summed E-state index contributed by atoms with van der Waals surface area (Å²) in [6.07, 6.45) is 5.25. The molecule has 0 aliphatic heterocycles. The van der Waals surface area contributed by atoms with Gasteiger partial charge >= 0.3 is 5.97 Å². The summed E-state index contributed by atoms with van der Waals surface area (Å²) in [4.78, 5) is 16.6. The van der Waals surface area contributed by atoms with Crippen molar-refractivity contribution in [2.24, 2.45) is 0 Å². The molecule has 5 nitrogen and oxygen atoms in total. The molecule has 2 N–H and O–H groups in total. The zero-order valence-electron chi connectivity index (χ0n) is 10.5. The van der Waals surface area contributed by atoms with Crippen LogP contribution in [-0.4, -0.2) is 40.4 Å². The quantitative estimate of drug-likeness (QED) is 0.849. The van der Waals surface area contributed by atoms with Crippen LogP contribution in [0.5, 0.6) is 0 Å². The van der Waals surface area contributed by atoms with Crippen molar-refractivity contribution in [3.05, 3.63) is 23.6 Å². The van der Waals surface area contributed by atoms with Gasteiger partial charge in [-0.2, -0.15) is 0 Å². The Kier molecular flexibility index (Phi) is 4.31. The van der Waals surface area contributed by atoms with Gasteiger partial charge in [0.15, 0.2) is 11.6 Å². The highest BCUT2D eigenvalue weighted by atomic mass is 19.1. The Labute approximate surface area is 110 Å². The standard InChI is InChI=1S/C13H17FN2O3/c14-11-10(13(18)19)5-6-15-12(11)16(7-8-17)9-3-1-2-4-9/h5-6,9,17H,1-4,7-8H2,(H,18,19). The molecule has 1 saturated carbocycles. The molecule has 0 spiro atoms. The molecule has 2 rings (SSSR count). The summed E-state index contributed by atoms with van der Waals surface area (Å²) in [5, 5.41) is 18.1. The van der Waals surface area contributed by atoms with Gasteiger partial charge in [-0.1, -0.05) is 12.8 Å².